The normalized spacial score (nSPS) is 12.9. The third-order valence-electron chi connectivity index (χ3n) is 2.80. The van der Waals surface area contributed by atoms with Crippen molar-refractivity contribution in [1.29, 1.82) is 0 Å². The molecule has 0 saturated carbocycles. The highest BCUT2D eigenvalue weighted by atomic mass is 19.1. The van der Waals surface area contributed by atoms with Gasteiger partial charge in [0.05, 0.1) is 5.69 Å². The van der Waals surface area contributed by atoms with Crippen LogP contribution in [-0.2, 0) is 4.74 Å². The van der Waals surface area contributed by atoms with Crippen molar-refractivity contribution in [2.45, 2.75) is 20.0 Å². The van der Waals surface area contributed by atoms with Gasteiger partial charge in [-0.05, 0) is 24.1 Å². The molecule has 5 nitrogen and oxygen atoms in total. The van der Waals surface area contributed by atoms with E-state index in [-0.39, 0.29) is 23.6 Å². The molecule has 1 unspecified atom stereocenters. The van der Waals surface area contributed by atoms with E-state index in [1.54, 1.807) is 13.2 Å². The zero-order valence-corrected chi connectivity index (χ0v) is 11.1. The molecule has 0 aliphatic rings. The van der Waals surface area contributed by atoms with Gasteiger partial charge in [0.1, 0.15) is 11.9 Å². The zero-order valence-electron chi connectivity index (χ0n) is 11.1. The number of methoxy groups -OCH3 is 1. The summed E-state index contributed by atoms with van der Waals surface area (Å²) in [6.07, 6.45) is -0.254. The van der Waals surface area contributed by atoms with Crippen molar-refractivity contribution in [3.63, 3.8) is 0 Å². The third-order valence-corrected chi connectivity index (χ3v) is 2.80. The molecule has 0 fully saturated rings. The summed E-state index contributed by atoms with van der Waals surface area (Å²) in [5.41, 5.74) is 5.99. The number of nitrogens with zero attached hydrogens (tertiary/aromatic N) is 2. The van der Waals surface area contributed by atoms with Gasteiger partial charge in [-0.2, -0.15) is 4.98 Å². The van der Waals surface area contributed by atoms with Crippen LogP contribution in [0.1, 0.15) is 25.8 Å². The average Bonchev–Trinajstić information content (AvgIpc) is 2.82. The Morgan fingerprint density at radius 1 is 1.37 bits per heavy atom. The van der Waals surface area contributed by atoms with Gasteiger partial charge in [-0.1, -0.05) is 19.0 Å². The van der Waals surface area contributed by atoms with E-state index in [0.717, 1.165) is 0 Å². The Balaban J connectivity index is 2.32. The first-order valence-corrected chi connectivity index (χ1v) is 5.94. The van der Waals surface area contributed by atoms with E-state index in [4.69, 9.17) is 15.0 Å². The molecule has 0 aliphatic carbocycles. The fraction of sp³-hybridized carbons (Fsp3) is 0.385. The van der Waals surface area contributed by atoms with Crippen LogP contribution >= 0.6 is 0 Å². The average molecular weight is 265 g/mol. The molecule has 0 spiro atoms. The lowest BCUT2D eigenvalue weighted by atomic mass is 10.1. The number of hydrogen-bond donors (Lipinski definition) is 1. The summed E-state index contributed by atoms with van der Waals surface area (Å²) in [5.74, 6) is 0.393. The summed E-state index contributed by atoms with van der Waals surface area (Å²) < 4.78 is 23.8. The lowest BCUT2D eigenvalue weighted by Gasteiger charge is -2.14. The van der Waals surface area contributed by atoms with Gasteiger partial charge in [-0.15, -0.1) is 0 Å². The molecule has 6 heteroatoms. The van der Waals surface area contributed by atoms with Crippen molar-refractivity contribution in [2.75, 3.05) is 12.8 Å². The summed E-state index contributed by atoms with van der Waals surface area (Å²) in [5, 5.41) is 3.87. The van der Waals surface area contributed by atoms with Gasteiger partial charge in [0.25, 0.3) is 5.89 Å². The number of rotatable bonds is 4. The highest BCUT2D eigenvalue weighted by Gasteiger charge is 2.22. The van der Waals surface area contributed by atoms with Crippen LogP contribution in [0.25, 0.3) is 11.5 Å². The SMILES string of the molecule is COC(c1noc(-c2ccc(N)c(F)c2)n1)C(C)C. The molecular weight excluding hydrogens is 249 g/mol. The maximum Gasteiger partial charge on any atom is 0.258 e. The van der Waals surface area contributed by atoms with Gasteiger partial charge in [-0.3, -0.25) is 0 Å². The Morgan fingerprint density at radius 2 is 2.11 bits per heavy atom. The van der Waals surface area contributed by atoms with Crippen molar-refractivity contribution in [3.8, 4) is 11.5 Å². The molecule has 19 heavy (non-hydrogen) atoms. The second kappa shape index (κ2) is 5.36. The molecule has 1 aromatic heterocycles. The maximum atomic E-state index is 13.4. The van der Waals surface area contributed by atoms with Crippen LogP contribution in [0.15, 0.2) is 22.7 Å². The molecule has 1 atom stereocenters. The Hall–Kier alpha value is -1.95. The molecule has 2 rings (SSSR count). The predicted octanol–water partition coefficient (Wildman–Crippen LogP) is 2.80. The predicted molar refractivity (Wildman–Crippen MR) is 68.7 cm³/mol. The molecule has 1 heterocycles. The first-order valence-electron chi connectivity index (χ1n) is 5.94. The van der Waals surface area contributed by atoms with Gasteiger partial charge in [0.15, 0.2) is 0 Å². The van der Waals surface area contributed by atoms with Crippen molar-refractivity contribution in [3.05, 3.63) is 29.8 Å². The largest absolute Gasteiger partial charge is 0.396 e. The van der Waals surface area contributed by atoms with Crippen LogP contribution in [0.4, 0.5) is 10.1 Å². The summed E-state index contributed by atoms with van der Waals surface area (Å²) in [4.78, 5) is 4.23. The van der Waals surface area contributed by atoms with Crippen LogP contribution in [0.5, 0.6) is 0 Å². The Bertz CT molecular complexity index is 569. The van der Waals surface area contributed by atoms with Crippen molar-refractivity contribution in [2.24, 2.45) is 5.92 Å². The van der Waals surface area contributed by atoms with Crippen molar-refractivity contribution in [1.82, 2.24) is 10.1 Å². The number of halogens is 1. The minimum Gasteiger partial charge on any atom is -0.396 e. The molecular formula is C13H16FN3O2. The van der Waals surface area contributed by atoms with E-state index in [1.807, 2.05) is 13.8 Å². The number of nitrogen functional groups attached to an aromatic ring is 1. The zero-order chi connectivity index (χ0) is 14.0. The molecule has 0 radical (unpaired) electrons. The molecule has 0 amide bonds. The van der Waals surface area contributed by atoms with Crippen LogP contribution in [0.2, 0.25) is 0 Å². The Labute approximate surface area is 110 Å². The first-order chi connectivity index (χ1) is 9.02. The highest BCUT2D eigenvalue weighted by Crippen LogP contribution is 2.26. The Morgan fingerprint density at radius 3 is 2.68 bits per heavy atom. The number of ether oxygens (including phenoxy) is 1. The highest BCUT2D eigenvalue weighted by molar-refractivity contribution is 5.57. The minimum atomic E-state index is -0.510. The van der Waals surface area contributed by atoms with Crippen molar-refractivity contribution >= 4 is 5.69 Å². The van der Waals surface area contributed by atoms with E-state index in [1.165, 1.54) is 12.1 Å². The number of anilines is 1. The molecule has 0 bridgehead atoms. The summed E-state index contributed by atoms with van der Waals surface area (Å²) >= 11 is 0. The molecule has 0 aliphatic heterocycles. The fourth-order valence-electron chi connectivity index (χ4n) is 1.80. The van der Waals surface area contributed by atoms with E-state index in [0.29, 0.717) is 11.4 Å². The van der Waals surface area contributed by atoms with Gasteiger partial charge < -0.3 is 15.0 Å². The van der Waals surface area contributed by atoms with Gasteiger partial charge in [0.2, 0.25) is 5.82 Å². The van der Waals surface area contributed by atoms with Crippen LogP contribution in [0, 0.1) is 11.7 Å². The van der Waals surface area contributed by atoms with Gasteiger partial charge in [-0.25, -0.2) is 4.39 Å². The number of hydrogen-bond acceptors (Lipinski definition) is 5. The fourth-order valence-corrected chi connectivity index (χ4v) is 1.80. The van der Waals surface area contributed by atoms with Gasteiger partial charge >= 0.3 is 0 Å². The van der Waals surface area contributed by atoms with Crippen molar-refractivity contribution < 1.29 is 13.7 Å². The summed E-state index contributed by atoms with van der Waals surface area (Å²) in [6.45, 7) is 3.99. The third kappa shape index (κ3) is 2.73. The molecule has 0 saturated heterocycles. The molecule has 102 valence electrons. The minimum absolute atomic E-state index is 0.0837. The first kappa shape index (κ1) is 13.5. The quantitative estimate of drug-likeness (QED) is 0.860. The van der Waals surface area contributed by atoms with E-state index in [9.17, 15) is 4.39 Å². The Kier molecular flexibility index (Phi) is 3.80. The topological polar surface area (TPSA) is 74.2 Å². The van der Waals surface area contributed by atoms with E-state index < -0.39 is 5.82 Å². The number of benzene rings is 1. The maximum absolute atomic E-state index is 13.4. The smallest absolute Gasteiger partial charge is 0.258 e. The van der Waals surface area contributed by atoms with Gasteiger partial charge in [0, 0.05) is 12.7 Å². The summed E-state index contributed by atoms with van der Waals surface area (Å²) in [7, 11) is 1.59. The van der Waals surface area contributed by atoms with Crippen LogP contribution in [0.3, 0.4) is 0 Å². The molecule has 2 N–H and O–H groups in total. The standard InChI is InChI=1S/C13H16FN3O2/c1-7(2)11(18-3)12-16-13(19-17-12)8-4-5-10(15)9(14)6-8/h4-7,11H,15H2,1-3H3. The number of aromatic nitrogens is 2. The van der Waals surface area contributed by atoms with Crippen LogP contribution in [-0.4, -0.2) is 17.3 Å². The molecule has 2 aromatic rings. The second-order valence-corrected chi connectivity index (χ2v) is 4.59. The summed E-state index contributed by atoms with van der Waals surface area (Å²) in [6, 6.07) is 4.36. The lowest BCUT2D eigenvalue weighted by molar-refractivity contribution is 0.0556. The number of nitrogens with two attached hydrogens (primary N) is 1. The lowest BCUT2D eigenvalue weighted by Crippen LogP contribution is -2.10. The van der Waals surface area contributed by atoms with E-state index in [2.05, 4.69) is 10.1 Å². The monoisotopic (exact) mass is 265 g/mol. The van der Waals surface area contributed by atoms with Crippen LogP contribution < -0.4 is 5.73 Å². The molecule has 1 aromatic carbocycles. The van der Waals surface area contributed by atoms with E-state index >= 15 is 0 Å². The second-order valence-electron chi connectivity index (χ2n) is 4.59.